The SMILES string of the molecule is O=C(O)CCC(Cc1ccccc1)NCc1c(F)cccc1N1CCCC1. The van der Waals surface area contributed by atoms with Crippen molar-refractivity contribution in [3.8, 4) is 0 Å². The fourth-order valence-corrected chi connectivity index (χ4v) is 3.70. The third-order valence-electron chi connectivity index (χ3n) is 5.14. The average Bonchev–Trinajstić information content (AvgIpc) is 3.20. The molecule has 0 aromatic heterocycles. The summed E-state index contributed by atoms with van der Waals surface area (Å²) in [5.74, 6) is -1.01. The van der Waals surface area contributed by atoms with Gasteiger partial charge in [0.25, 0.3) is 0 Å². The van der Waals surface area contributed by atoms with E-state index in [1.807, 2.05) is 36.4 Å². The molecule has 144 valence electrons. The molecule has 1 heterocycles. The van der Waals surface area contributed by atoms with Crippen LogP contribution in [0.3, 0.4) is 0 Å². The predicted molar refractivity (Wildman–Crippen MR) is 105 cm³/mol. The highest BCUT2D eigenvalue weighted by Gasteiger charge is 2.19. The highest BCUT2D eigenvalue weighted by molar-refractivity contribution is 5.66. The van der Waals surface area contributed by atoms with Crippen LogP contribution in [0.5, 0.6) is 0 Å². The lowest BCUT2D eigenvalue weighted by Crippen LogP contribution is -2.32. The number of benzene rings is 2. The number of aliphatic carboxylic acids is 1. The summed E-state index contributed by atoms with van der Waals surface area (Å²) in [4.78, 5) is 13.3. The van der Waals surface area contributed by atoms with Gasteiger partial charge in [-0.3, -0.25) is 4.79 Å². The average molecular weight is 370 g/mol. The van der Waals surface area contributed by atoms with Crippen LogP contribution in [-0.2, 0) is 17.8 Å². The monoisotopic (exact) mass is 370 g/mol. The van der Waals surface area contributed by atoms with Gasteiger partial charge in [0.1, 0.15) is 5.82 Å². The second-order valence-corrected chi connectivity index (χ2v) is 7.13. The summed E-state index contributed by atoms with van der Waals surface area (Å²) in [6.07, 6.45) is 3.61. The summed E-state index contributed by atoms with van der Waals surface area (Å²) in [5.41, 5.74) is 2.78. The number of carboxylic acid groups (broad SMARTS) is 1. The van der Waals surface area contributed by atoms with Crippen molar-refractivity contribution in [1.29, 1.82) is 0 Å². The van der Waals surface area contributed by atoms with Crippen molar-refractivity contribution < 1.29 is 14.3 Å². The molecule has 0 aliphatic carbocycles. The van der Waals surface area contributed by atoms with E-state index >= 15 is 0 Å². The van der Waals surface area contributed by atoms with Crippen molar-refractivity contribution in [3.05, 3.63) is 65.5 Å². The molecule has 0 radical (unpaired) electrons. The van der Waals surface area contributed by atoms with Gasteiger partial charge < -0.3 is 15.3 Å². The summed E-state index contributed by atoms with van der Waals surface area (Å²) in [5, 5.41) is 12.5. The van der Waals surface area contributed by atoms with Gasteiger partial charge in [0, 0.05) is 43.3 Å². The van der Waals surface area contributed by atoms with Crippen LogP contribution in [0.2, 0.25) is 0 Å². The van der Waals surface area contributed by atoms with Gasteiger partial charge in [-0.1, -0.05) is 36.4 Å². The molecule has 1 fully saturated rings. The summed E-state index contributed by atoms with van der Waals surface area (Å²) in [6.45, 7) is 2.32. The van der Waals surface area contributed by atoms with Crippen LogP contribution >= 0.6 is 0 Å². The van der Waals surface area contributed by atoms with Crippen molar-refractivity contribution in [2.75, 3.05) is 18.0 Å². The largest absolute Gasteiger partial charge is 0.481 e. The molecule has 1 unspecified atom stereocenters. The number of hydrogen-bond donors (Lipinski definition) is 2. The Labute approximate surface area is 160 Å². The molecule has 0 amide bonds. The molecule has 1 aliphatic heterocycles. The Hall–Kier alpha value is -2.40. The first-order valence-electron chi connectivity index (χ1n) is 9.65. The van der Waals surface area contributed by atoms with Crippen LogP contribution in [0.4, 0.5) is 10.1 Å². The lowest BCUT2D eigenvalue weighted by Gasteiger charge is -2.24. The maximum atomic E-state index is 14.5. The minimum Gasteiger partial charge on any atom is -0.481 e. The molecule has 3 rings (SSSR count). The van der Waals surface area contributed by atoms with Gasteiger partial charge in [-0.15, -0.1) is 0 Å². The first-order chi connectivity index (χ1) is 13.1. The molecule has 2 aromatic carbocycles. The van der Waals surface area contributed by atoms with E-state index in [4.69, 9.17) is 5.11 Å². The third kappa shape index (κ3) is 5.54. The maximum Gasteiger partial charge on any atom is 0.303 e. The molecule has 0 saturated carbocycles. The molecule has 1 saturated heterocycles. The topological polar surface area (TPSA) is 52.6 Å². The molecular weight excluding hydrogens is 343 g/mol. The number of nitrogens with zero attached hydrogens (tertiary/aromatic N) is 1. The summed E-state index contributed by atoms with van der Waals surface area (Å²) >= 11 is 0. The van der Waals surface area contributed by atoms with Gasteiger partial charge in [0.15, 0.2) is 0 Å². The Balaban J connectivity index is 1.71. The highest BCUT2D eigenvalue weighted by atomic mass is 19.1. The van der Waals surface area contributed by atoms with E-state index in [1.54, 1.807) is 6.07 Å². The standard InChI is InChI=1S/C22H27FN2O2/c23-20-9-6-10-21(25-13-4-5-14-25)19(20)16-24-18(11-12-22(26)27)15-17-7-2-1-3-8-17/h1-3,6-10,18,24H,4-5,11-16H2,(H,26,27). The Kier molecular flexibility index (Phi) is 6.82. The predicted octanol–water partition coefficient (Wildman–Crippen LogP) is 3.99. The number of anilines is 1. The summed E-state index contributed by atoms with van der Waals surface area (Å²) in [6, 6.07) is 15.2. The molecule has 1 atom stereocenters. The van der Waals surface area contributed by atoms with Crippen molar-refractivity contribution in [3.63, 3.8) is 0 Å². The first-order valence-corrected chi connectivity index (χ1v) is 9.65. The number of rotatable bonds is 9. The van der Waals surface area contributed by atoms with E-state index in [2.05, 4.69) is 10.2 Å². The Morgan fingerprint density at radius 1 is 1.11 bits per heavy atom. The van der Waals surface area contributed by atoms with Gasteiger partial charge in [-0.05, 0) is 43.4 Å². The van der Waals surface area contributed by atoms with E-state index in [1.165, 1.54) is 6.07 Å². The second kappa shape index (κ2) is 9.51. The van der Waals surface area contributed by atoms with Gasteiger partial charge in [-0.2, -0.15) is 0 Å². The van der Waals surface area contributed by atoms with Gasteiger partial charge >= 0.3 is 5.97 Å². The van der Waals surface area contributed by atoms with Crippen LogP contribution in [0.1, 0.15) is 36.8 Å². The fraction of sp³-hybridized carbons (Fsp3) is 0.409. The van der Waals surface area contributed by atoms with E-state index < -0.39 is 5.97 Å². The Morgan fingerprint density at radius 3 is 2.56 bits per heavy atom. The normalized spacial score (nSPS) is 15.1. The van der Waals surface area contributed by atoms with Crippen molar-refractivity contribution in [1.82, 2.24) is 5.32 Å². The van der Waals surface area contributed by atoms with Crippen LogP contribution in [0, 0.1) is 5.82 Å². The lowest BCUT2D eigenvalue weighted by molar-refractivity contribution is -0.137. The minimum absolute atomic E-state index is 0.0189. The number of carbonyl (C=O) groups is 1. The van der Waals surface area contributed by atoms with E-state index in [0.717, 1.165) is 43.6 Å². The van der Waals surface area contributed by atoms with Gasteiger partial charge in [-0.25, -0.2) is 4.39 Å². The lowest BCUT2D eigenvalue weighted by atomic mass is 10.0. The molecular formula is C22H27FN2O2. The molecule has 0 spiro atoms. The zero-order valence-corrected chi connectivity index (χ0v) is 15.5. The van der Waals surface area contributed by atoms with Crippen molar-refractivity contribution in [2.24, 2.45) is 0 Å². The molecule has 5 heteroatoms. The number of halogens is 1. The third-order valence-corrected chi connectivity index (χ3v) is 5.14. The van der Waals surface area contributed by atoms with E-state index in [0.29, 0.717) is 18.5 Å². The molecule has 0 bridgehead atoms. The van der Waals surface area contributed by atoms with Gasteiger partial charge in [0.05, 0.1) is 0 Å². The second-order valence-electron chi connectivity index (χ2n) is 7.13. The Bertz CT molecular complexity index is 745. The zero-order valence-electron chi connectivity index (χ0n) is 15.5. The minimum atomic E-state index is -0.807. The number of carboxylic acids is 1. The van der Waals surface area contributed by atoms with E-state index in [-0.39, 0.29) is 18.3 Å². The maximum absolute atomic E-state index is 14.5. The van der Waals surface area contributed by atoms with Gasteiger partial charge in [0.2, 0.25) is 0 Å². The van der Waals surface area contributed by atoms with Crippen LogP contribution < -0.4 is 10.2 Å². The number of hydrogen-bond acceptors (Lipinski definition) is 3. The number of nitrogens with one attached hydrogen (secondary N) is 1. The van der Waals surface area contributed by atoms with Crippen LogP contribution in [0.25, 0.3) is 0 Å². The zero-order chi connectivity index (χ0) is 19.1. The summed E-state index contributed by atoms with van der Waals surface area (Å²) < 4.78 is 14.5. The van der Waals surface area contributed by atoms with Crippen LogP contribution in [0.15, 0.2) is 48.5 Å². The molecule has 1 aliphatic rings. The first kappa shape index (κ1) is 19.4. The smallest absolute Gasteiger partial charge is 0.303 e. The quantitative estimate of drug-likeness (QED) is 0.701. The summed E-state index contributed by atoms with van der Waals surface area (Å²) in [7, 11) is 0. The molecule has 27 heavy (non-hydrogen) atoms. The van der Waals surface area contributed by atoms with Crippen molar-refractivity contribution in [2.45, 2.75) is 44.7 Å². The fourth-order valence-electron chi connectivity index (χ4n) is 3.70. The highest BCUT2D eigenvalue weighted by Crippen LogP contribution is 2.27. The molecule has 2 aromatic rings. The Morgan fingerprint density at radius 2 is 1.85 bits per heavy atom. The van der Waals surface area contributed by atoms with Crippen LogP contribution in [-0.4, -0.2) is 30.2 Å². The molecule has 2 N–H and O–H groups in total. The molecule has 4 nitrogen and oxygen atoms in total. The van der Waals surface area contributed by atoms with E-state index in [9.17, 15) is 9.18 Å². The van der Waals surface area contributed by atoms with Crippen molar-refractivity contribution >= 4 is 11.7 Å².